The second kappa shape index (κ2) is 10.3. The fourth-order valence-electron chi connectivity index (χ4n) is 3.00. The number of ketones is 1. The molecule has 0 aliphatic rings. The van der Waals surface area contributed by atoms with E-state index in [9.17, 15) is 27.9 Å². The van der Waals surface area contributed by atoms with Crippen LogP contribution in [0.1, 0.15) is 41.1 Å². The van der Waals surface area contributed by atoms with E-state index < -0.39 is 22.5 Å². The molecule has 10 heteroatoms. The van der Waals surface area contributed by atoms with Gasteiger partial charge in [0.15, 0.2) is 5.78 Å². The quantitative estimate of drug-likeness (QED) is 0.227. The number of Topliss-reactive ketones (excluding diaryl/α,β-unsaturated/α-hetero) is 1. The Kier molecular flexibility index (Phi) is 8.07. The van der Waals surface area contributed by atoms with Gasteiger partial charge in [0.05, 0.1) is 20.5 Å². The lowest BCUT2D eigenvalue weighted by Gasteiger charge is -2.20. The lowest BCUT2D eigenvalue weighted by Crippen LogP contribution is -2.26. The summed E-state index contributed by atoms with van der Waals surface area (Å²) in [5, 5.41) is 9.83. The first-order valence-corrected chi connectivity index (χ1v) is 12.4. The number of carbonyl (C=O) groups is 2. The van der Waals surface area contributed by atoms with E-state index in [2.05, 4.69) is 0 Å². The molecule has 2 aromatic carbocycles. The van der Waals surface area contributed by atoms with Crippen LogP contribution in [0.25, 0.3) is 10.4 Å². The van der Waals surface area contributed by atoms with E-state index in [4.69, 9.17) is 23.2 Å². The zero-order valence-electron chi connectivity index (χ0n) is 18.0. The highest BCUT2D eigenvalue weighted by molar-refractivity contribution is 8.01. The number of carbonyl (C=O) groups excluding carboxylic acids is 1. The highest BCUT2D eigenvalue weighted by Crippen LogP contribution is 2.41. The van der Waals surface area contributed by atoms with E-state index in [1.807, 2.05) is 0 Å². The normalized spacial score (nSPS) is 12.1. The SMILES string of the molecule is CC(C)(Sc1ccc(CCC(=O)c2ccc(-c3ccc(C(F)(F)F)cc3)s2)c(Cl)c1Cl)C(=O)O. The van der Waals surface area contributed by atoms with Gasteiger partial charge in [0.2, 0.25) is 0 Å². The second-order valence-corrected chi connectivity index (χ2v) is 11.4. The van der Waals surface area contributed by atoms with Crippen molar-refractivity contribution in [2.75, 3.05) is 0 Å². The summed E-state index contributed by atoms with van der Waals surface area (Å²) in [6, 6.07) is 11.6. The van der Waals surface area contributed by atoms with Crippen molar-refractivity contribution in [3.05, 3.63) is 74.6 Å². The Labute approximate surface area is 212 Å². The lowest BCUT2D eigenvalue weighted by molar-refractivity contribution is -0.139. The molecule has 0 spiro atoms. The van der Waals surface area contributed by atoms with Gasteiger partial charge in [-0.25, -0.2) is 0 Å². The summed E-state index contributed by atoms with van der Waals surface area (Å²) in [4.78, 5) is 25.8. The number of benzene rings is 2. The molecule has 0 atom stereocenters. The van der Waals surface area contributed by atoms with Crippen molar-refractivity contribution in [3.63, 3.8) is 0 Å². The maximum absolute atomic E-state index is 12.8. The summed E-state index contributed by atoms with van der Waals surface area (Å²) >= 11 is 15.0. The molecule has 0 radical (unpaired) electrons. The predicted molar refractivity (Wildman–Crippen MR) is 131 cm³/mol. The minimum absolute atomic E-state index is 0.124. The minimum atomic E-state index is -4.40. The molecule has 1 N–H and O–H groups in total. The second-order valence-electron chi connectivity index (χ2n) is 7.93. The number of aliphatic carboxylic acids is 1. The van der Waals surface area contributed by atoms with Crippen LogP contribution < -0.4 is 0 Å². The van der Waals surface area contributed by atoms with Crippen LogP contribution in [0.4, 0.5) is 13.2 Å². The van der Waals surface area contributed by atoms with Crippen LogP contribution >= 0.6 is 46.3 Å². The van der Waals surface area contributed by atoms with Gasteiger partial charge in [-0.2, -0.15) is 13.2 Å². The summed E-state index contributed by atoms with van der Waals surface area (Å²) in [7, 11) is 0. The van der Waals surface area contributed by atoms with Gasteiger partial charge in [-0.05, 0) is 61.7 Å². The highest BCUT2D eigenvalue weighted by atomic mass is 35.5. The fraction of sp³-hybridized carbons (Fsp3) is 0.250. The molecular formula is C24H19Cl2F3O3S2. The number of hydrogen-bond acceptors (Lipinski definition) is 4. The van der Waals surface area contributed by atoms with Gasteiger partial charge in [-0.15, -0.1) is 23.1 Å². The largest absolute Gasteiger partial charge is 0.480 e. The number of carboxylic acids is 1. The molecule has 0 fully saturated rings. The number of alkyl halides is 3. The van der Waals surface area contributed by atoms with Crippen LogP contribution in [0, 0.1) is 0 Å². The molecule has 1 heterocycles. The summed E-state index contributed by atoms with van der Waals surface area (Å²) in [5.74, 6) is -1.10. The molecule has 180 valence electrons. The summed E-state index contributed by atoms with van der Waals surface area (Å²) in [5.41, 5.74) is 0.539. The number of aryl methyl sites for hydroxylation is 1. The van der Waals surface area contributed by atoms with Crippen molar-refractivity contribution >= 4 is 58.1 Å². The lowest BCUT2D eigenvalue weighted by atomic mass is 10.1. The molecule has 0 amide bonds. The molecule has 0 unspecified atom stereocenters. The Hall–Kier alpha value is -2.00. The summed E-state index contributed by atoms with van der Waals surface area (Å²) in [6.07, 6.45) is -3.91. The smallest absolute Gasteiger partial charge is 0.416 e. The Bertz CT molecular complexity index is 1220. The molecule has 34 heavy (non-hydrogen) atoms. The fourth-order valence-corrected chi connectivity index (χ4v) is 5.56. The van der Waals surface area contributed by atoms with Crippen LogP contribution in [0.15, 0.2) is 53.4 Å². The van der Waals surface area contributed by atoms with E-state index in [0.29, 0.717) is 32.2 Å². The maximum Gasteiger partial charge on any atom is 0.416 e. The molecule has 0 saturated carbocycles. The predicted octanol–water partition coefficient (Wildman–Crippen LogP) is 8.51. The Morgan fingerprint density at radius 3 is 2.21 bits per heavy atom. The van der Waals surface area contributed by atoms with Gasteiger partial charge in [0, 0.05) is 16.2 Å². The third kappa shape index (κ3) is 6.16. The van der Waals surface area contributed by atoms with Crippen LogP contribution in [0.5, 0.6) is 0 Å². The van der Waals surface area contributed by atoms with Gasteiger partial charge in [0.25, 0.3) is 0 Å². The van der Waals surface area contributed by atoms with Gasteiger partial charge in [-0.3, -0.25) is 9.59 Å². The molecule has 1 aromatic heterocycles. The zero-order valence-corrected chi connectivity index (χ0v) is 21.1. The highest BCUT2D eigenvalue weighted by Gasteiger charge is 2.31. The Morgan fingerprint density at radius 2 is 1.62 bits per heavy atom. The summed E-state index contributed by atoms with van der Waals surface area (Å²) in [6.45, 7) is 3.13. The molecule has 3 nitrogen and oxygen atoms in total. The van der Waals surface area contributed by atoms with E-state index in [-0.39, 0.29) is 22.2 Å². The number of hydrogen-bond donors (Lipinski definition) is 1. The first-order valence-electron chi connectivity index (χ1n) is 9.99. The average Bonchev–Trinajstić information content (AvgIpc) is 3.26. The van der Waals surface area contributed by atoms with E-state index >= 15 is 0 Å². The molecule has 0 aliphatic heterocycles. The topological polar surface area (TPSA) is 54.4 Å². The van der Waals surface area contributed by atoms with Gasteiger partial charge in [0.1, 0.15) is 4.75 Å². The Balaban J connectivity index is 1.68. The molecular weight excluding hydrogens is 528 g/mol. The van der Waals surface area contributed by atoms with Crippen molar-refractivity contribution in [1.29, 1.82) is 0 Å². The van der Waals surface area contributed by atoms with Gasteiger partial charge < -0.3 is 5.11 Å². The number of carboxylic acid groups (broad SMARTS) is 1. The van der Waals surface area contributed by atoms with Crippen molar-refractivity contribution in [1.82, 2.24) is 0 Å². The number of thiophene rings is 1. The number of rotatable bonds is 8. The molecule has 3 aromatic rings. The van der Waals surface area contributed by atoms with E-state index in [1.54, 1.807) is 38.1 Å². The molecule has 0 bridgehead atoms. The van der Waals surface area contributed by atoms with E-state index in [1.165, 1.54) is 23.5 Å². The minimum Gasteiger partial charge on any atom is -0.480 e. The summed E-state index contributed by atoms with van der Waals surface area (Å²) < 4.78 is 37.2. The molecule has 0 saturated heterocycles. The van der Waals surface area contributed by atoms with Gasteiger partial charge >= 0.3 is 12.1 Å². The number of halogens is 5. The van der Waals surface area contributed by atoms with Crippen molar-refractivity contribution < 1.29 is 27.9 Å². The van der Waals surface area contributed by atoms with E-state index in [0.717, 1.165) is 23.9 Å². The average molecular weight is 547 g/mol. The van der Waals surface area contributed by atoms with Crippen LogP contribution in [0.3, 0.4) is 0 Å². The van der Waals surface area contributed by atoms with Gasteiger partial charge in [-0.1, -0.05) is 41.4 Å². The third-order valence-electron chi connectivity index (χ3n) is 5.01. The first kappa shape index (κ1) is 26.6. The number of thioether (sulfide) groups is 1. The maximum atomic E-state index is 12.8. The molecule has 3 rings (SSSR count). The first-order chi connectivity index (χ1) is 15.8. The van der Waals surface area contributed by atoms with Crippen molar-refractivity contribution in [2.24, 2.45) is 0 Å². The zero-order chi connectivity index (χ0) is 25.3. The van der Waals surface area contributed by atoms with Crippen LogP contribution in [-0.2, 0) is 17.4 Å². The van der Waals surface area contributed by atoms with Crippen LogP contribution in [-0.4, -0.2) is 21.6 Å². The Morgan fingerprint density at radius 1 is 0.971 bits per heavy atom. The van der Waals surface area contributed by atoms with Crippen molar-refractivity contribution in [3.8, 4) is 10.4 Å². The molecule has 0 aliphatic carbocycles. The monoisotopic (exact) mass is 546 g/mol. The third-order valence-corrected chi connectivity index (χ3v) is 8.46. The standard InChI is InChI=1S/C24H19Cl2F3O3S2/c1-23(2,22(31)32)34-19-10-6-14(20(25)21(19)26)5-9-16(30)18-12-11-17(33-18)13-3-7-15(8-4-13)24(27,28)29/h3-4,6-8,10-12H,5,9H2,1-2H3,(H,31,32). The van der Waals surface area contributed by atoms with Crippen LogP contribution in [0.2, 0.25) is 10.0 Å². The van der Waals surface area contributed by atoms with Crippen molar-refractivity contribution in [2.45, 2.75) is 42.5 Å².